The van der Waals surface area contributed by atoms with Gasteiger partial charge in [-0.1, -0.05) is 13.8 Å². The van der Waals surface area contributed by atoms with Crippen molar-refractivity contribution in [1.29, 1.82) is 0 Å². The van der Waals surface area contributed by atoms with Crippen molar-refractivity contribution in [1.82, 2.24) is 9.80 Å². The van der Waals surface area contributed by atoms with Crippen molar-refractivity contribution in [3.8, 4) is 0 Å². The van der Waals surface area contributed by atoms with Crippen molar-refractivity contribution < 1.29 is 19.5 Å². The fourth-order valence-corrected chi connectivity index (χ4v) is 2.60. The van der Waals surface area contributed by atoms with Crippen LogP contribution in [0, 0.1) is 5.41 Å². The summed E-state index contributed by atoms with van der Waals surface area (Å²) in [6, 6.07) is -0.391. The maximum absolute atomic E-state index is 12.3. The Morgan fingerprint density at radius 3 is 2.35 bits per heavy atom. The van der Waals surface area contributed by atoms with Gasteiger partial charge in [-0.3, -0.25) is 14.4 Å². The van der Waals surface area contributed by atoms with Crippen LogP contribution in [0.25, 0.3) is 0 Å². The van der Waals surface area contributed by atoms with Gasteiger partial charge in [0.15, 0.2) is 0 Å². The molecule has 6 nitrogen and oxygen atoms in total. The van der Waals surface area contributed by atoms with E-state index in [1.54, 1.807) is 32.8 Å². The molecule has 0 aromatic heterocycles. The van der Waals surface area contributed by atoms with Gasteiger partial charge < -0.3 is 14.9 Å². The monoisotopic (exact) mass is 284 g/mol. The molecule has 1 fully saturated rings. The molecule has 1 aliphatic heterocycles. The molecule has 20 heavy (non-hydrogen) atoms. The molecule has 1 atom stereocenters. The number of likely N-dealkylation sites (N-methyl/N-ethyl adjacent to an activating group) is 1. The first-order valence-corrected chi connectivity index (χ1v) is 6.86. The van der Waals surface area contributed by atoms with Crippen LogP contribution in [0.3, 0.4) is 0 Å². The highest BCUT2D eigenvalue weighted by molar-refractivity contribution is 5.88. The van der Waals surface area contributed by atoms with Gasteiger partial charge in [0.2, 0.25) is 11.8 Å². The quantitative estimate of drug-likeness (QED) is 0.815. The van der Waals surface area contributed by atoms with Crippen LogP contribution >= 0.6 is 0 Å². The van der Waals surface area contributed by atoms with Crippen LogP contribution in [0.5, 0.6) is 0 Å². The molecule has 0 radical (unpaired) electrons. The average molecular weight is 284 g/mol. The Hall–Kier alpha value is -1.59. The predicted molar refractivity (Wildman–Crippen MR) is 74.1 cm³/mol. The number of hydrogen-bond acceptors (Lipinski definition) is 3. The zero-order valence-electron chi connectivity index (χ0n) is 12.7. The van der Waals surface area contributed by atoms with Gasteiger partial charge in [-0.2, -0.15) is 0 Å². The summed E-state index contributed by atoms with van der Waals surface area (Å²) in [6.45, 7) is 4.10. The zero-order valence-corrected chi connectivity index (χ0v) is 12.7. The molecule has 2 amide bonds. The molecule has 1 rings (SSSR count). The van der Waals surface area contributed by atoms with Crippen molar-refractivity contribution in [2.24, 2.45) is 5.41 Å². The molecule has 1 aliphatic rings. The Morgan fingerprint density at radius 2 is 1.85 bits per heavy atom. The Bertz CT molecular complexity index is 404. The summed E-state index contributed by atoms with van der Waals surface area (Å²) >= 11 is 0. The lowest BCUT2D eigenvalue weighted by Crippen LogP contribution is -2.46. The summed E-state index contributed by atoms with van der Waals surface area (Å²) in [5, 5.41) is 8.85. The van der Waals surface area contributed by atoms with E-state index in [1.165, 1.54) is 4.90 Å². The lowest BCUT2D eigenvalue weighted by atomic mass is 9.85. The number of amides is 2. The van der Waals surface area contributed by atoms with Crippen LogP contribution in [-0.4, -0.2) is 59.4 Å². The minimum absolute atomic E-state index is 0.0567. The van der Waals surface area contributed by atoms with Gasteiger partial charge in [0.25, 0.3) is 0 Å². The molecule has 1 N–H and O–H groups in total. The molecule has 0 spiro atoms. The SMILES string of the molecule is CN(C)C(=O)C1CCCN1C(=O)CC(C)(C)CC(=O)O. The summed E-state index contributed by atoms with van der Waals surface area (Å²) in [4.78, 5) is 38.3. The minimum atomic E-state index is -0.912. The lowest BCUT2D eigenvalue weighted by Gasteiger charge is -2.30. The Kier molecular flexibility index (Phi) is 5.14. The smallest absolute Gasteiger partial charge is 0.303 e. The Labute approximate surface area is 119 Å². The number of carbonyl (C=O) groups is 3. The summed E-state index contributed by atoms with van der Waals surface area (Å²) in [6.07, 6.45) is 1.59. The largest absolute Gasteiger partial charge is 0.481 e. The first kappa shape index (κ1) is 16.5. The van der Waals surface area contributed by atoms with Gasteiger partial charge in [0.05, 0.1) is 6.42 Å². The molecule has 0 bridgehead atoms. The van der Waals surface area contributed by atoms with E-state index in [9.17, 15) is 14.4 Å². The number of carboxylic acids is 1. The number of hydrogen-bond donors (Lipinski definition) is 1. The van der Waals surface area contributed by atoms with Gasteiger partial charge in [-0.25, -0.2) is 0 Å². The van der Waals surface area contributed by atoms with E-state index in [4.69, 9.17) is 5.11 Å². The molecular weight excluding hydrogens is 260 g/mol. The first-order chi connectivity index (χ1) is 9.14. The molecule has 6 heteroatoms. The van der Waals surface area contributed by atoms with Crippen LogP contribution in [0.15, 0.2) is 0 Å². The number of aliphatic carboxylic acids is 1. The van der Waals surface area contributed by atoms with Gasteiger partial charge in [0, 0.05) is 27.1 Å². The van der Waals surface area contributed by atoms with E-state index in [0.29, 0.717) is 13.0 Å². The van der Waals surface area contributed by atoms with Gasteiger partial charge in [-0.15, -0.1) is 0 Å². The third-order valence-corrected chi connectivity index (χ3v) is 3.56. The maximum Gasteiger partial charge on any atom is 0.303 e. The number of carboxylic acid groups (broad SMARTS) is 1. The predicted octanol–water partition coefficient (Wildman–Crippen LogP) is 0.957. The van der Waals surface area contributed by atoms with Crippen LogP contribution in [-0.2, 0) is 14.4 Å². The highest BCUT2D eigenvalue weighted by atomic mass is 16.4. The topological polar surface area (TPSA) is 77.9 Å². The normalized spacial score (nSPS) is 19.0. The van der Waals surface area contributed by atoms with Gasteiger partial charge >= 0.3 is 5.97 Å². The summed E-state index contributed by atoms with van der Waals surface area (Å²) in [5.41, 5.74) is -0.600. The van der Waals surface area contributed by atoms with Crippen LogP contribution in [0.2, 0.25) is 0 Å². The Morgan fingerprint density at radius 1 is 1.25 bits per heavy atom. The van der Waals surface area contributed by atoms with E-state index in [0.717, 1.165) is 6.42 Å². The molecule has 114 valence electrons. The van der Waals surface area contributed by atoms with E-state index in [1.807, 2.05) is 0 Å². The molecule has 0 aliphatic carbocycles. The fraction of sp³-hybridized carbons (Fsp3) is 0.786. The molecule has 0 saturated carbocycles. The molecule has 1 saturated heterocycles. The molecule has 0 aromatic rings. The zero-order chi connectivity index (χ0) is 15.5. The minimum Gasteiger partial charge on any atom is -0.481 e. The van der Waals surface area contributed by atoms with E-state index in [-0.39, 0.29) is 24.7 Å². The standard InChI is InChI=1S/C14H24N2O4/c1-14(2,9-12(18)19)8-11(17)16-7-5-6-10(16)13(20)15(3)4/h10H,5-9H2,1-4H3,(H,18,19). The second-order valence-corrected chi connectivity index (χ2v) is 6.39. The van der Waals surface area contributed by atoms with Crippen molar-refractivity contribution in [2.45, 2.75) is 45.6 Å². The number of nitrogens with zero attached hydrogens (tertiary/aromatic N) is 2. The summed E-state index contributed by atoms with van der Waals surface area (Å²) in [7, 11) is 3.36. The van der Waals surface area contributed by atoms with E-state index >= 15 is 0 Å². The second-order valence-electron chi connectivity index (χ2n) is 6.39. The fourth-order valence-electron chi connectivity index (χ4n) is 2.60. The van der Waals surface area contributed by atoms with Gasteiger partial charge in [-0.05, 0) is 18.3 Å². The number of carbonyl (C=O) groups excluding carboxylic acids is 2. The third-order valence-electron chi connectivity index (χ3n) is 3.56. The number of likely N-dealkylation sites (tertiary alicyclic amines) is 1. The lowest BCUT2D eigenvalue weighted by molar-refractivity contribution is -0.145. The van der Waals surface area contributed by atoms with E-state index < -0.39 is 17.4 Å². The summed E-state index contributed by atoms with van der Waals surface area (Å²) < 4.78 is 0. The van der Waals surface area contributed by atoms with Crippen LogP contribution in [0.4, 0.5) is 0 Å². The van der Waals surface area contributed by atoms with Crippen LogP contribution in [0.1, 0.15) is 39.5 Å². The molecule has 1 unspecified atom stereocenters. The highest BCUT2D eigenvalue weighted by Gasteiger charge is 2.37. The molecule has 1 heterocycles. The second kappa shape index (κ2) is 6.24. The maximum atomic E-state index is 12.3. The number of rotatable bonds is 5. The van der Waals surface area contributed by atoms with E-state index in [2.05, 4.69) is 0 Å². The van der Waals surface area contributed by atoms with Gasteiger partial charge in [0.1, 0.15) is 6.04 Å². The summed E-state index contributed by atoms with van der Waals surface area (Å²) in [5.74, 6) is -1.11. The van der Waals surface area contributed by atoms with Crippen molar-refractivity contribution in [2.75, 3.05) is 20.6 Å². The average Bonchev–Trinajstić information content (AvgIpc) is 2.73. The molecular formula is C14H24N2O4. The third kappa shape index (κ3) is 4.21. The Balaban J connectivity index is 2.71. The van der Waals surface area contributed by atoms with Crippen molar-refractivity contribution >= 4 is 17.8 Å². The highest BCUT2D eigenvalue weighted by Crippen LogP contribution is 2.28. The van der Waals surface area contributed by atoms with Crippen molar-refractivity contribution in [3.63, 3.8) is 0 Å². The first-order valence-electron chi connectivity index (χ1n) is 6.86. The van der Waals surface area contributed by atoms with Crippen molar-refractivity contribution in [3.05, 3.63) is 0 Å². The van der Waals surface area contributed by atoms with Crippen LogP contribution < -0.4 is 0 Å². The molecule has 0 aromatic carbocycles.